The summed E-state index contributed by atoms with van der Waals surface area (Å²) in [6.45, 7) is -0.533. The van der Waals surface area contributed by atoms with Crippen molar-refractivity contribution in [1.82, 2.24) is 0 Å². The van der Waals surface area contributed by atoms with Crippen molar-refractivity contribution in [3.63, 3.8) is 0 Å². The largest absolute Gasteiger partial charge is 0.488 e. The fourth-order valence-electron chi connectivity index (χ4n) is 1.79. The van der Waals surface area contributed by atoms with Gasteiger partial charge in [-0.1, -0.05) is 35.9 Å². The van der Waals surface area contributed by atoms with E-state index in [2.05, 4.69) is 0 Å². The average molecular weight is 317 g/mol. The molecular formula is C15H12ClF3O2. The first-order chi connectivity index (χ1) is 9.91. The Labute approximate surface area is 124 Å². The van der Waals surface area contributed by atoms with E-state index in [9.17, 15) is 13.2 Å². The van der Waals surface area contributed by atoms with Crippen LogP contribution < -0.4 is 4.74 Å². The zero-order valence-electron chi connectivity index (χ0n) is 10.8. The molecule has 0 aromatic heterocycles. The van der Waals surface area contributed by atoms with Crippen LogP contribution in [0.15, 0.2) is 42.5 Å². The minimum Gasteiger partial charge on any atom is -0.488 e. The van der Waals surface area contributed by atoms with Gasteiger partial charge in [0.25, 0.3) is 0 Å². The summed E-state index contributed by atoms with van der Waals surface area (Å²) >= 11 is 5.93. The van der Waals surface area contributed by atoms with Gasteiger partial charge in [-0.3, -0.25) is 0 Å². The molecule has 21 heavy (non-hydrogen) atoms. The topological polar surface area (TPSA) is 29.5 Å². The summed E-state index contributed by atoms with van der Waals surface area (Å²) in [6, 6.07) is 10.2. The molecule has 0 spiro atoms. The molecule has 1 N–H and O–H groups in total. The SMILES string of the molecule is OCc1ccc(OCc2ccccc2Cl)c(C(F)(F)F)c1. The summed E-state index contributed by atoms with van der Waals surface area (Å²) in [7, 11) is 0. The highest BCUT2D eigenvalue weighted by molar-refractivity contribution is 6.31. The van der Waals surface area contributed by atoms with Crippen LogP contribution in [0.4, 0.5) is 13.2 Å². The van der Waals surface area contributed by atoms with Crippen LogP contribution in [0, 0.1) is 0 Å². The van der Waals surface area contributed by atoms with Crippen LogP contribution in [0.3, 0.4) is 0 Å². The van der Waals surface area contributed by atoms with Crippen molar-refractivity contribution < 1.29 is 23.0 Å². The third-order valence-corrected chi connectivity index (χ3v) is 3.24. The molecule has 0 heterocycles. The minimum absolute atomic E-state index is 0.0682. The van der Waals surface area contributed by atoms with E-state index in [4.69, 9.17) is 21.4 Å². The maximum Gasteiger partial charge on any atom is 0.419 e. The number of ether oxygens (including phenoxy) is 1. The molecule has 2 nitrogen and oxygen atoms in total. The molecule has 0 aliphatic carbocycles. The van der Waals surface area contributed by atoms with Crippen molar-refractivity contribution in [1.29, 1.82) is 0 Å². The number of hydrogen-bond donors (Lipinski definition) is 1. The molecule has 0 fully saturated rings. The Hall–Kier alpha value is -1.72. The monoisotopic (exact) mass is 316 g/mol. The first-order valence-electron chi connectivity index (χ1n) is 6.09. The molecule has 0 saturated carbocycles. The number of hydrogen-bond acceptors (Lipinski definition) is 2. The summed E-state index contributed by atoms with van der Waals surface area (Å²) in [5.74, 6) is -0.292. The number of aliphatic hydroxyl groups excluding tert-OH is 1. The number of alkyl halides is 3. The van der Waals surface area contributed by atoms with Crippen molar-refractivity contribution in [2.24, 2.45) is 0 Å². The molecule has 0 aliphatic rings. The van der Waals surface area contributed by atoms with Gasteiger partial charge in [0.2, 0.25) is 0 Å². The Morgan fingerprint density at radius 1 is 1.10 bits per heavy atom. The van der Waals surface area contributed by atoms with Gasteiger partial charge in [-0.15, -0.1) is 0 Å². The van der Waals surface area contributed by atoms with Crippen LogP contribution in [-0.2, 0) is 19.4 Å². The maximum absolute atomic E-state index is 13.0. The van der Waals surface area contributed by atoms with Gasteiger partial charge < -0.3 is 9.84 Å². The summed E-state index contributed by atoms with van der Waals surface area (Å²) in [4.78, 5) is 0. The average Bonchev–Trinajstić information content (AvgIpc) is 2.45. The summed E-state index contributed by atoms with van der Waals surface area (Å²) < 4.78 is 44.2. The molecule has 2 aromatic carbocycles. The lowest BCUT2D eigenvalue weighted by atomic mass is 10.1. The Morgan fingerprint density at radius 3 is 2.43 bits per heavy atom. The minimum atomic E-state index is -4.55. The second-order valence-corrected chi connectivity index (χ2v) is 4.77. The smallest absolute Gasteiger partial charge is 0.419 e. The van der Waals surface area contributed by atoms with Crippen molar-refractivity contribution >= 4 is 11.6 Å². The third kappa shape index (κ3) is 3.89. The van der Waals surface area contributed by atoms with Gasteiger partial charge in [0.05, 0.1) is 12.2 Å². The van der Waals surface area contributed by atoms with Gasteiger partial charge in [0.15, 0.2) is 0 Å². The Kier molecular flexibility index (Phi) is 4.75. The number of halogens is 4. The molecule has 0 saturated heterocycles. The zero-order chi connectivity index (χ0) is 15.5. The first-order valence-corrected chi connectivity index (χ1v) is 6.47. The van der Waals surface area contributed by atoms with E-state index in [-0.39, 0.29) is 17.9 Å². The van der Waals surface area contributed by atoms with Crippen LogP contribution in [0.25, 0.3) is 0 Å². The van der Waals surface area contributed by atoms with Crippen molar-refractivity contribution in [3.8, 4) is 5.75 Å². The van der Waals surface area contributed by atoms with Gasteiger partial charge in [0.1, 0.15) is 12.4 Å². The molecule has 0 bridgehead atoms. The molecular weight excluding hydrogens is 305 g/mol. The van der Waals surface area contributed by atoms with E-state index < -0.39 is 18.3 Å². The quantitative estimate of drug-likeness (QED) is 0.904. The Balaban J connectivity index is 2.26. The lowest BCUT2D eigenvalue weighted by Crippen LogP contribution is -2.09. The highest BCUT2D eigenvalue weighted by atomic mass is 35.5. The van der Waals surface area contributed by atoms with E-state index in [1.165, 1.54) is 12.1 Å². The maximum atomic E-state index is 13.0. The van der Waals surface area contributed by atoms with E-state index in [1.807, 2.05) is 0 Å². The van der Waals surface area contributed by atoms with Crippen molar-refractivity contribution in [2.45, 2.75) is 19.4 Å². The van der Waals surface area contributed by atoms with Gasteiger partial charge in [-0.2, -0.15) is 13.2 Å². The number of benzene rings is 2. The third-order valence-electron chi connectivity index (χ3n) is 2.87. The summed E-state index contributed by atoms with van der Waals surface area (Å²) in [6.07, 6.45) is -4.55. The molecule has 0 aliphatic heterocycles. The first kappa shape index (κ1) is 15.7. The van der Waals surface area contributed by atoms with Gasteiger partial charge >= 0.3 is 6.18 Å². The van der Waals surface area contributed by atoms with E-state index in [0.717, 1.165) is 6.07 Å². The Bertz CT molecular complexity index is 627. The van der Waals surface area contributed by atoms with Crippen LogP contribution in [-0.4, -0.2) is 5.11 Å². The van der Waals surface area contributed by atoms with Gasteiger partial charge in [0, 0.05) is 10.6 Å². The highest BCUT2D eigenvalue weighted by Crippen LogP contribution is 2.37. The molecule has 0 amide bonds. The number of rotatable bonds is 4. The van der Waals surface area contributed by atoms with E-state index in [0.29, 0.717) is 10.6 Å². The molecule has 6 heteroatoms. The van der Waals surface area contributed by atoms with Crippen LogP contribution >= 0.6 is 11.6 Å². The summed E-state index contributed by atoms with van der Waals surface area (Å²) in [5, 5.41) is 9.37. The van der Waals surface area contributed by atoms with Crippen molar-refractivity contribution in [3.05, 3.63) is 64.2 Å². The van der Waals surface area contributed by atoms with Crippen molar-refractivity contribution in [2.75, 3.05) is 0 Å². The predicted octanol–water partition coefficient (Wildman–Crippen LogP) is 4.43. The fraction of sp³-hybridized carbons (Fsp3) is 0.200. The van der Waals surface area contributed by atoms with E-state index in [1.54, 1.807) is 24.3 Å². The fourth-order valence-corrected chi connectivity index (χ4v) is 1.98. The predicted molar refractivity (Wildman–Crippen MR) is 73.2 cm³/mol. The van der Waals surface area contributed by atoms with Crippen LogP contribution in [0.1, 0.15) is 16.7 Å². The highest BCUT2D eigenvalue weighted by Gasteiger charge is 2.34. The zero-order valence-corrected chi connectivity index (χ0v) is 11.6. The van der Waals surface area contributed by atoms with Gasteiger partial charge in [-0.25, -0.2) is 0 Å². The van der Waals surface area contributed by atoms with Crippen LogP contribution in [0.2, 0.25) is 5.02 Å². The molecule has 0 atom stereocenters. The van der Waals surface area contributed by atoms with Crippen LogP contribution in [0.5, 0.6) is 5.75 Å². The lowest BCUT2D eigenvalue weighted by molar-refractivity contribution is -0.139. The van der Waals surface area contributed by atoms with Gasteiger partial charge in [-0.05, 0) is 23.8 Å². The number of aliphatic hydroxyl groups is 1. The normalized spacial score (nSPS) is 11.5. The molecule has 2 aromatic rings. The Morgan fingerprint density at radius 2 is 1.81 bits per heavy atom. The molecule has 0 unspecified atom stereocenters. The molecule has 0 radical (unpaired) electrons. The van der Waals surface area contributed by atoms with E-state index >= 15 is 0 Å². The lowest BCUT2D eigenvalue weighted by Gasteiger charge is -2.15. The molecule has 112 valence electrons. The summed E-state index contributed by atoms with van der Waals surface area (Å²) in [5.41, 5.74) is -0.146. The standard InChI is InChI=1S/C15H12ClF3O2/c16-13-4-2-1-3-11(13)9-21-14-6-5-10(8-20)7-12(14)15(17,18)19/h1-7,20H,8-9H2. The second-order valence-electron chi connectivity index (χ2n) is 4.37. The molecule has 2 rings (SSSR count). The second kappa shape index (κ2) is 6.37.